The normalized spacial score (nSPS) is 11.2. The van der Waals surface area contributed by atoms with Gasteiger partial charge in [-0.25, -0.2) is 0 Å². The Morgan fingerprint density at radius 1 is 0.622 bits per heavy atom. The molecule has 0 bridgehead atoms. The molecule has 2 heterocycles. The van der Waals surface area contributed by atoms with Gasteiger partial charge in [0.15, 0.2) is 0 Å². The van der Waals surface area contributed by atoms with Gasteiger partial charge in [0.05, 0.1) is 25.0 Å². The molecule has 0 unspecified atom stereocenters. The van der Waals surface area contributed by atoms with Crippen molar-refractivity contribution in [3.05, 3.63) is 118 Å². The number of benzene rings is 2. The first kappa shape index (κ1) is 33.3. The van der Waals surface area contributed by atoms with Gasteiger partial charge >= 0.3 is 16.8 Å². The molecule has 10 nitrogen and oxygen atoms in total. The summed E-state index contributed by atoms with van der Waals surface area (Å²) in [5.41, 5.74) is 0.872. The summed E-state index contributed by atoms with van der Waals surface area (Å²) in [6, 6.07) is 19.8. The maximum atomic E-state index is 11.5. The van der Waals surface area contributed by atoms with Crippen LogP contribution in [0.2, 0.25) is 10.0 Å². The van der Waals surface area contributed by atoms with Crippen LogP contribution in [-0.2, 0) is 16.8 Å². The first-order valence-electron chi connectivity index (χ1n) is 9.66. The Balaban J connectivity index is 0.000000648. The van der Waals surface area contributed by atoms with E-state index in [1.54, 1.807) is 72.8 Å². The summed E-state index contributed by atoms with van der Waals surface area (Å²) in [6.07, 6.45) is 5.77. The molecule has 0 aliphatic rings. The molecule has 195 valence electrons. The van der Waals surface area contributed by atoms with Gasteiger partial charge < -0.3 is 30.0 Å². The molecule has 4 N–H and O–H groups in total. The number of rotatable bonds is 6. The molecule has 4 aromatic rings. The van der Waals surface area contributed by atoms with Crippen LogP contribution < -0.4 is 10.2 Å². The van der Waals surface area contributed by atoms with Gasteiger partial charge in [-0.05, 0) is 59.7 Å². The van der Waals surface area contributed by atoms with Crippen LogP contribution in [0.5, 0.6) is 0 Å². The largest absolute Gasteiger partial charge is 2.00 e. The van der Waals surface area contributed by atoms with E-state index in [-0.39, 0.29) is 27.7 Å². The molecule has 4 rings (SSSR count). The van der Waals surface area contributed by atoms with E-state index in [1.165, 1.54) is 25.0 Å². The molecule has 0 aliphatic heterocycles. The van der Waals surface area contributed by atoms with Crippen molar-refractivity contribution in [2.24, 2.45) is 20.4 Å². The SMILES string of the molecule is O.O.[Co+2].[O-]/C(=N\N=C/c1ccco1)c1ccc(Cl)cc1.[O-]/C(=N\N=C/c1ccco1)c1ccc(Cl)cc1. The predicted molar refractivity (Wildman–Crippen MR) is 136 cm³/mol. The average Bonchev–Trinajstić information content (AvgIpc) is 3.55. The van der Waals surface area contributed by atoms with Crippen molar-refractivity contribution in [1.82, 2.24) is 0 Å². The van der Waals surface area contributed by atoms with Gasteiger partial charge in [0.2, 0.25) is 0 Å². The van der Waals surface area contributed by atoms with Crippen LogP contribution >= 0.6 is 23.2 Å². The number of hydrogen-bond acceptors (Lipinski definition) is 8. The third kappa shape index (κ3) is 11.7. The Labute approximate surface area is 232 Å². The van der Waals surface area contributed by atoms with Gasteiger partial charge in [0.25, 0.3) is 0 Å². The van der Waals surface area contributed by atoms with E-state index in [2.05, 4.69) is 20.4 Å². The van der Waals surface area contributed by atoms with Crippen molar-refractivity contribution in [3.8, 4) is 0 Å². The zero-order valence-corrected chi connectivity index (χ0v) is 21.3. The fourth-order valence-corrected chi connectivity index (χ4v) is 2.56. The average molecular weight is 590 g/mol. The maximum Gasteiger partial charge on any atom is 2.00 e. The summed E-state index contributed by atoms with van der Waals surface area (Å²) in [6.45, 7) is 0. The smallest absolute Gasteiger partial charge is 0.857 e. The maximum absolute atomic E-state index is 11.5. The van der Waals surface area contributed by atoms with Crippen LogP contribution in [0.3, 0.4) is 0 Å². The van der Waals surface area contributed by atoms with Gasteiger partial charge in [-0.15, -0.1) is 0 Å². The monoisotopic (exact) mass is 589 g/mol. The summed E-state index contributed by atoms with van der Waals surface area (Å²) in [7, 11) is 0. The third-order valence-corrected chi connectivity index (χ3v) is 4.44. The fourth-order valence-electron chi connectivity index (χ4n) is 2.31. The number of hydrogen-bond donors (Lipinski definition) is 0. The third-order valence-electron chi connectivity index (χ3n) is 3.94. The molecule has 0 amide bonds. The molecule has 13 heteroatoms. The van der Waals surface area contributed by atoms with Crippen molar-refractivity contribution >= 4 is 47.4 Å². The zero-order valence-electron chi connectivity index (χ0n) is 18.7. The topological polar surface area (TPSA) is 185 Å². The minimum atomic E-state index is -0.426. The van der Waals surface area contributed by atoms with Gasteiger partial charge in [-0.1, -0.05) is 47.5 Å². The standard InChI is InChI=1S/2C12H9ClN2O2.Co.2H2O/c2*13-10-5-3-9(4-6-10)12(16)15-14-8-11-2-1-7-17-11;;;/h2*1-8H,(H,15,16);;2*1H2/q;;+2;;/p-2/b2*14-8-;;;. The summed E-state index contributed by atoms with van der Waals surface area (Å²) >= 11 is 11.4. The Morgan fingerprint density at radius 2 is 0.973 bits per heavy atom. The van der Waals surface area contributed by atoms with Crippen LogP contribution in [0, 0.1) is 0 Å². The Kier molecular flexibility index (Phi) is 15.9. The number of furan rings is 2. The second kappa shape index (κ2) is 17.7. The van der Waals surface area contributed by atoms with E-state index in [0.717, 1.165) is 0 Å². The van der Waals surface area contributed by atoms with Crippen molar-refractivity contribution in [1.29, 1.82) is 0 Å². The molecule has 2 aromatic carbocycles. The summed E-state index contributed by atoms with van der Waals surface area (Å²) in [5, 5.41) is 38.5. The summed E-state index contributed by atoms with van der Waals surface area (Å²) in [5.74, 6) is 0.226. The van der Waals surface area contributed by atoms with E-state index in [4.69, 9.17) is 32.0 Å². The van der Waals surface area contributed by atoms with Crippen LogP contribution in [-0.4, -0.2) is 35.2 Å². The van der Waals surface area contributed by atoms with Gasteiger partial charge in [-0.2, -0.15) is 20.4 Å². The van der Waals surface area contributed by atoms with Crippen molar-refractivity contribution in [3.63, 3.8) is 0 Å². The van der Waals surface area contributed by atoms with Crippen molar-refractivity contribution < 1.29 is 46.8 Å². The first-order chi connectivity index (χ1) is 16.5. The second-order valence-electron chi connectivity index (χ2n) is 6.34. The van der Waals surface area contributed by atoms with Crippen LogP contribution in [0.15, 0.2) is 115 Å². The molecule has 0 spiro atoms. The van der Waals surface area contributed by atoms with E-state index >= 15 is 0 Å². The number of nitrogens with zero attached hydrogens (tertiary/aromatic N) is 4. The van der Waals surface area contributed by atoms with Crippen LogP contribution in [0.1, 0.15) is 22.6 Å². The molecule has 2 aromatic heterocycles. The molecule has 37 heavy (non-hydrogen) atoms. The van der Waals surface area contributed by atoms with E-state index in [9.17, 15) is 10.2 Å². The minimum absolute atomic E-state index is 0. The molecule has 1 radical (unpaired) electrons. The van der Waals surface area contributed by atoms with Crippen LogP contribution in [0.25, 0.3) is 0 Å². The molecule has 0 saturated heterocycles. The Hall–Kier alpha value is -3.71. The predicted octanol–water partition coefficient (Wildman–Crippen LogP) is 2.50. The van der Waals surface area contributed by atoms with Gasteiger partial charge in [0.1, 0.15) is 11.5 Å². The Morgan fingerprint density at radius 3 is 1.27 bits per heavy atom. The second-order valence-corrected chi connectivity index (χ2v) is 7.22. The zero-order chi connectivity index (χ0) is 24.2. The summed E-state index contributed by atoms with van der Waals surface area (Å²) in [4.78, 5) is 0. The Bertz CT molecular complexity index is 1170. The molecule has 0 fully saturated rings. The van der Waals surface area contributed by atoms with E-state index < -0.39 is 11.8 Å². The fraction of sp³-hybridized carbons (Fsp3) is 0. The number of halogens is 2. The molecular formula is C24H20Cl2CoN4O6. The van der Waals surface area contributed by atoms with Crippen molar-refractivity contribution in [2.45, 2.75) is 0 Å². The van der Waals surface area contributed by atoms with E-state index in [1.807, 2.05) is 0 Å². The minimum Gasteiger partial charge on any atom is -0.857 e. The quantitative estimate of drug-likeness (QED) is 0.190. The van der Waals surface area contributed by atoms with Crippen molar-refractivity contribution in [2.75, 3.05) is 0 Å². The van der Waals surface area contributed by atoms with Crippen LogP contribution in [0.4, 0.5) is 0 Å². The molecule has 0 saturated carbocycles. The molecular weight excluding hydrogens is 570 g/mol. The molecule has 0 aliphatic carbocycles. The van der Waals surface area contributed by atoms with E-state index in [0.29, 0.717) is 32.7 Å². The van der Waals surface area contributed by atoms with Gasteiger partial charge in [-0.3, -0.25) is 0 Å². The molecule has 0 atom stereocenters. The first-order valence-corrected chi connectivity index (χ1v) is 10.4. The summed E-state index contributed by atoms with van der Waals surface area (Å²) < 4.78 is 10.00. The van der Waals surface area contributed by atoms with Gasteiger partial charge in [0, 0.05) is 21.8 Å².